The Morgan fingerprint density at radius 1 is 1.04 bits per heavy atom. The normalized spacial score (nSPS) is 10.6. The van der Waals surface area contributed by atoms with Crippen molar-refractivity contribution in [1.29, 1.82) is 0 Å². The van der Waals surface area contributed by atoms with Crippen LogP contribution in [0.1, 0.15) is 22.5 Å². The third-order valence-electron chi connectivity index (χ3n) is 4.38. The lowest BCUT2D eigenvalue weighted by molar-refractivity contribution is -0.134. The molecule has 27 heavy (non-hydrogen) atoms. The number of hydrogen-bond donors (Lipinski definition) is 0. The fourth-order valence-electron chi connectivity index (χ4n) is 2.72. The molecule has 0 atom stereocenters. The monoisotopic (exact) mass is 367 g/mol. The molecule has 2 aromatic carbocycles. The van der Waals surface area contributed by atoms with Crippen LogP contribution in [-0.4, -0.2) is 17.4 Å². The molecule has 1 aromatic heterocycles. The zero-order chi connectivity index (χ0) is 19.2. The highest BCUT2D eigenvalue weighted by Gasteiger charge is 2.17. The number of nitrogens with zero attached hydrogens (tertiary/aromatic N) is 1. The number of ether oxygens (including phenoxy) is 1. The third kappa shape index (κ3) is 5.20. The Labute approximate surface area is 158 Å². The fourth-order valence-corrected chi connectivity index (χ4v) is 2.72. The van der Waals surface area contributed by atoms with Crippen LogP contribution in [0.5, 0.6) is 5.75 Å². The zero-order valence-corrected chi connectivity index (χ0v) is 15.4. The van der Waals surface area contributed by atoms with E-state index in [-0.39, 0.29) is 24.9 Å². The van der Waals surface area contributed by atoms with Gasteiger partial charge in [0.15, 0.2) is 6.61 Å². The van der Waals surface area contributed by atoms with Gasteiger partial charge in [-0.3, -0.25) is 4.79 Å². The molecule has 140 valence electrons. The molecular formula is C22H22FNO3. The van der Waals surface area contributed by atoms with Crippen LogP contribution in [0.4, 0.5) is 4.39 Å². The quantitative estimate of drug-likeness (QED) is 0.611. The molecule has 0 aliphatic heterocycles. The van der Waals surface area contributed by atoms with Crippen LogP contribution in [-0.2, 0) is 17.9 Å². The molecule has 5 heteroatoms. The Hall–Kier alpha value is -3.08. The van der Waals surface area contributed by atoms with Crippen molar-refractivity contribution in [3.05, 3.63) is 89.1 Å². The highest BCUT2D eigenvalue weighted by atomic mass is 19.1. The Bertz CT molecular complexity index is 906. The van der Waals surface area contributed by atoms with E-state index in [9.17, 15) is 9.18 Å². The highest BCUT2D eigenvalue weighted by molar-refractivity contribution is 5.77. The maximum absolute atomic E-state index is 13.5. The predicted molar refractivity (Wildman–Crippen MR) is 101 cm³/mol. The average molecular weight is 367 g/mol. The van der Waals surface area contributed by atoms with E-state index in [0.717, 1.165) is 5.56 Å². The molecule has 1 amide bonds. The van der Waals surface area contributed by atoms with Crippen LogP contribution in [0.25, 0.3) is 0 Å². The van der Waals surface area contributed by atoms with E-state index in [1.54, 1.807) is 35.4 Å². The Morgan fingerprint density at radius 2 is 1.89 bits per heavy atom. The largest absolute Gasteiger partial charge is 0.484 e. The van der Waals surface area contributed by atoms with E-state index in [1.165, 1.54) is 17.7 Å². The summed E-state index contributed by atoms with van der Waals surface area (Å²) in [6.45, 7) is 4.48. The molecule has 0 aliphatic rings. The van der Waals surface area contributed by atoms with E-state index >= 15 is 0 Å². The lowest BCUT2D eigenvalue weighted by atomic mass is 10.1. The van der Waals surface area contributed by atoms with Crippen molar-refractivity contribution in [2.75, 3.05) is 6.61 Å². The van der Waals surface area contributed by atoms with E-state index in [2.05, 4.69) is 0 Å². The van der Waals surface area contributed by atoms with Crippen LogP contribution < -0.4 is 4.74 Å². The predicted octanol–water partition coefficient (Wildman–Crippen LogP) is 4.64. The number of aryl methyl sites for hydroxylation is 2. The van der Waals surface area contributed by atoms with Crippen molar-refractivity contribution >= 4 is 5.91 Å². The molecule has 0 radical (unpaired) electrons. The number of benzene rings is 2. The number of amides is 1. The van der Waals surface area contributed by atoms with Crippen molar-refractivity contribution in [2.24, 2.45) is 0 Å². The second-order valence-electron chi connectivity index (χ2n) is 6.49. The zero-order valence-electron chi connectivity index (χ0n) is 15.4. The summed E-state index contributed by atoms with van der Waals surface area (Å²) in [5.41, 5.74) is 2.98. The van der Waals surface area contributed by atoms with Gasteiger partial charge in [0.2, 0.25) is 0 Å². The molecule has 4 nitrogen and oxygen atoms in total. The maximum Gasteiger partial charge on any atom is 0.261 e. The Balaban J connectivity index is 1.70. The summed E-state index contributed by atoms with van der Waals surface area (Å²) in [6.07, 6.45) is 1.56. The van der Waals surface area contributed by atoms with Gasteiger partial charge in [-0.2, -0.15) is 0 Å². The van der Waals surface area contributed by atoms with E-state index < -0.39 is 0 Å². The van der Waals surface area contributed by atoms with Crippen molar-refractivity contribution in [3.63, 3.8) is 0 Å². The topological polar surface area (TPSA) is 42.7 Å². The van der Waals surface area contributed by atoms with E-state index in [4.69, 9.17) is 9.15 Å². The van der Waals surface area contributed by atoms with Crippen LogP contribution in [0.2, 0.25) is 0 Å². The number of hydrogen-bond acceptors (Lipinski definition) is 3. The summed E-state index contributed by atoms with van der Waals surface area (Å²) >= 11 is 0. The summed E-state index contributed by atoms with van der Waals surface area (Å²) in [7, 11) is 0. The minimum Gasteiger partial charge on any atom is -0.484 e. The maximum atomic E-state index is 13.5. The molecule has 0 fully saturated rings. The van der Waals surface area contributed by atoms with Crippen molar-refractivity contribution in [2.45, 2.75) is 26.9 Å². The molecule has 1 heterocycles. The van der Waals surface area contributed by atoms with E-state index in [0.29, 0.717) is 23.6 Å². The minimum atomic E-state index is -0.329. The first kappa shape index (κ1) is 18.7. The fraction of sp³-hybridized carbons (Fsp3) is 0.227. The van der Waals surface area contributed by atoms with Gasteiger partial charge < -0.3 is 14.1 Å². The molecule has 3 rings (SSSR count). The summed E-state index contributed by atoms with van der Waals surface area (Å²) in [4.78, 5) is 14.3. The Morgan fingerprint density at radius 3 is 2.59 bits per heavy atom. The average Bonchev–Trinajstić information content (AvgIpc) is 3.15. The lowest BCUT2D eigenvalue weighted by Crippen LogP contribution is -2.34. The first-order valence-corrected chi connectivity index (χ1v) is 8.76. The third-order valence-corrected chi connectivity index (χ3v) is 4.38. The smallest absolute Gasteiger partial charge is 0.261 e. The number of carbonyl (C=O) groups is 1. The van der Waals surface area contributed by atoms with Gasteiger partial charge in [-0.25, -0.2) is 4.39 Å². The molecule has 0 aliphatic carbocycles. The van der Waals surface area contributed by atoms with Crippen LogP contribution >= 0.6 is 0 Å². The molecular weight excluding hydrogens is 345 g/mol. The van der Waals surface area contributed by atoms with Crippen LogP contribution in [0, 0.1) is 19.7 Å². The molecule has 0 unspecified atom stereocenters. The van der Waals surface area contributed by atoms with Gasteiger partial charge in [-0.05, 0) is 66.9 Å². The second-order valence-corrected chi connectivity index (χ2v) is 6.49. The second kappa shape index (κ2) is 8.54. The van der Waals surface area contributed by atoms with Gasteiger partial charge in [-0.15, -0.1) is 0 Å². The molecule has 0 saturated heterocycles. The molecule has 0 saturated carbocycles. The number of carbonyl (C=O) groups excluding carboxylic acids is 1. The minimum absolute atomic E-state index is 0.0987. The highest BCUT2D eigenvalue weighted by Crippen LogP contribution is 2.17. The van der Waals surface area contributed by atoms with Crippen LogP contribution in [0.3, 0.4) is 0 Å². The number of furan rings is 1. The van der Waals surface area contributed by atoms with Gasteiger partial charge in [0.25, 0.3) is 5.91 Å². The van der Waals surface area contributed by atoms with Crippen LogP contribution in [0.15, 0.2) is 65.3 Å². The van der Waals surface area contributed by atoms with E-state index in [1.807, 2.05) is 32.0 Å². The lowest BCUT2D eigenvalue weighted by Gasteiger charge is -2.22. The van der Waals surface area contributed by atoms with Gasteiger partial charge in [0.05, 0.1) is 12.8 Å². The van der Waals surface area contributed by atoms with Crippen molar-refractivity contribution in [1.82, 2.24) is 4.90 Å². The summed E-state index contributed by atoms with van der Waals surface area (Å²) < 4.78 is 24.5. The molecule has 0 spiro atoms. The standard InChI is InChI=1S/C22H22FNO3/c1-16-8-9-20(11-17(16)2)27-15-22(25)24(14-21-7-4-10-26-21)13-18-5-3-6-19(23)12-18/h3-12H,13-15H2,1-2H3. The van der Waals surface area contributed by atoms with Gasteiger partial charge in [-0.1, -0.05) is 18.2 Å². The first-order chi connectivity index (χ1) is 13.0. The summed E-state index contributed by atoms with van der Waals surface area (Å²) in [6, 6.07) is 15.5. The van der Waals surface area contributed by atoms with Gasteiger partial charge >= 0.3 is 0 Å². The Kier molecular flexibility index (Phi) is 5.91. The summed E-state index contributed by atoms with van der Waals surface area (Å²) in [5, 5.41) is 0. The molecule has 3 aromatic rings. The first-order valence-electron chi connectivity index (χ1n) is 8.76. The van der Waals surface area contributed by atoms with Gasteiger partial charge in [0, 0.05) is 6.54 Å². The SMILES string of the molecule is Cc1ccc(OCC(=O)N(Cc2cccc(F)c2)Cc2ccco2)cc1C. The van der Waals surface area contributed by atoms with Crippen molar-refractivity contribution in [3.8, 4) is 5.75 Å². The van der Waals surface area contributed by atoms with Gasteiger partial charge in [0.1, 0.15) is 17.3 Å². The van der Waals surface area contributed by atoms with Crippen molar-refractivity contribution < 1.29 is 18.3 Å². The number of halogens is 1. The number of rotatable bonds is 7. The summed E-state index contributed by atoms with van der Waals surface area (Å²) in [5.74, 6) is 0.777. The molecule has 0 N–H and O–H groups in total. The molecule has 0 bridgehead atoms.